The average Bonchev–Trinajstić information content (AvgIpc) is 3.24. The lowest BCUT2D eigenvalue weighted by atomic mass is 10.2. The number of sulfonamides is 1. The fourth-order valence-electron chi connectivity index (χ4n) is 3.50. The first-order valence-corrected chi connectivity index (χ1v) is 12.6. The van der Waals surface area contributed by atoms with Gasteiger partial charge in [0, 0.05) is 17.3 Å². The number of amides is 1. The molecule has 11 heteroatoms. The molecule has 0 bridgehead atoms. The normalized spacial score (nSPS) is 12.9. The third kappa shape index (κ3) is 5.15. The highest BCUT2D eigenvalue weighted by Crippen LogP contribution is 2.31. The monoisotopic (exact) mass is 538 g/mol. The molecule has 1 aliphatic rings. The summed E-state index contributed by atoms with van der Waals surface area (Å²) in [5, 5.41) is 0.282. The highest BCUT2D eigenvalue weighted by Gasteiger charge is 2.26. The van der Waals surface area contributed by atoms with E-state index in [2.05, 4.69) is 4.72 Å². The average molecular weight is 540 g/mol. The molecule has 0 atom stereocenters. The summed E-state index contributed by atoms with van der Waals surface area (Å²) in [6.07, 6.45) is 0.720. The van der Waals surface area contributed by atoms with Gasteiger partial charge in [-0.2, -0.15) is 0 Å². The topological polar surface area (TPSA) is 92.8 Å². The summed E-state index contributed by atoms with van der Waals surface area (Å²) in [4.78, 5) is 26.3. The van der Waals surface area contributed by atoms with Crippen LogP contribution in [0.25, 0.3) is 0 Å². The summed E-state index contributed by atoms with van der Waals surface area (Å²) in [7, 11) is -4.23. The second-order valence-corrected chi connectivity index (χ2v) is 10.3. The number of benzene rings is 3. The first kappa shape index (κ1) is 24.3. The molecule has 34 heavy (non-hydrogen) atoms. The lowest BCUT2D eigenvalue weighted by molar-refractivity contribution is -0.121. The van der Waals surface area contributed by atoms with E-state index in [1.807, 2.05) is 24.3 Å². The zero-order valence-corrected chi connectivity index (χ0v) is 20.5. The molecule has 3 aromatic carbocycles. The van der Waals surface area contributed by atoms with Gasteiger partial charge < -0.3 is 9.64 Å². The number of carbonyl (C=O) groups is 2. The van der Waals surface area contributed by atoms with Crippen molar-refractivity contribution in [2.45, 2.75) is 11.3 Å². The van der Waals surface area contributed by atoms with Gasteiger partial charge >= 0.3 is 5.97 Å². The number of halogens is 3. The molecule has 0 unspecified atom stereocenters. The van der Waals surface area contributed by atoms with Crippen molar-refractivity contribution in [3.05, 3.63) is 86.9 Å². The van der Waals surface area contributed by atoms with Crippen molar-refractivity contribution in [3.8, 4) is 0 Å². The van der Waals surface area contributed by atoms with E-state index in [1.54, 1.807) is 4.90 Å². The fraction of sp³-hybridized carbons (Fsp3) is 0.130. The van der Waals surface area contributed by atoms with Crippen LogP contribution >= 0.6 is 34.8 Å². The number of nitrogens with zero attached hydrogens (tertiary/aromatic N) is 1. The Labute approximate surface area is 211 Å². The number of esters is 1. The van der Waals surface area contributed by atoms with Gasteiger partial charge in [0.25, 0.3) is 15.9 Å². The van der Waals surface area contributed by atoms with Crippen LogP contribution in [0.15, 0.2) is 65.6 Å². The van der Waals surface area contributed by atoms with Crippen LogP contribution in [0.1, 0.15) is 15.9 Å². The third-order valence-electron chi connectivity index (χ3n) is 5.14. The van der Waals surface area contributed by atoms with E-state index in [9.17, 15) is 18.0 Å². The highest BCUT2D eigenvalue weighted by molar-refractivity contribution is 7.92. The number of carbonyl (C=O) groups excluding carboxylic acids is 2. The quantitative estimate of drug-likeness (QED) is 0.435. The largest absolute Gasteiger partial charge is 0.452 e. The molecule has 1 heterocycles. The van der Waals surface area contributed by atoms with Crippen molar-refractivity contribution < 1.29 is 22.7 Å². The van der Waals surface area contributed by atoms with Gasteiger partial charge in [0.2, 0.25) is 0 Å². The van der Waals surface area contributed by atoms with Crippen LogP contribution < -0.4 is 9.62 Å². The maximum absolute atomic E-state index is 12.9. The van der Waals surface area contributed by atoms with Crippen LogP contribution in [0.2, 0.25) is 15.1 Å². The Hall–Kier alpha value is -2.78. The Kier molecular flexibility index (Phi) is 7.04. The number of nitrogens with one attached hydrogen (secondary N) is 1. The molecule has 1 N–H and O–H groups in total. The molecule has 0 radical (unpaired) electrons. The molecule has 0 aromatic heterocycles. The van der Waals surface area contributed by atoms with Crippen LogP contribution in [-0.2, 0) is 26.0 Å². The summed E-state index contributed by atoms with van der Waals surface area (Å²) in [6.45, 7) is 0.00501. The van der Waals surface area contributed by atoms with Gasteiger partial charge in [-0.05, 0) is 54.4 Å². The summed E-state index contributed by atoms with van der Waals surface area (Å²) in [5.41, 5.74) is 1.79. The van der Waals surface area contributed by atoms with Crippen LogP contribution in [-0.4, -0.2) is 33.4 Å². The van der Waals surface area contributed by atoms with Gasteiger partial charge in [0.1, 0.15) is 4.90 Å². The van der Waals surface area contributed by atoms with Crippen molar-refractivity contribution in [1.82, 2.24) is 0 Å². The van der Waals surface area contributed by atoms with E-state index < -0.39 is 22.6 Å². The molecule has 0 aliphatic carbocycles. The van der Waals surface area contributed by atoms with Gasteiger partial charge in [-0.1, -0.05) is 53.0 Å². The molecule has 0 spiro atoms. The Morgan fingerprint density at radius 3 is 2.50 bits per heavy atom. The van der Waals surface area contributed by atoms with Crippen molar-refractivity contribution in [2.24, 2.45) is 0 Å². The number of hydrogen-bond acceptors (Lipinski definition) is 5. The minimum absolute atomic E-state index is 0.0507. The smallest absolute Gasteiger partial charge is 0.338 e. The molecule has 1 aliphatic heterocycles. The Morgan fingerprint density at radius 1 is 0.971 bits per heavy atom. The molecular weight excluding hydrogens is 523 g/mol. The van der Waals surface area contributed by atoms with Crippen molar-refractivity contribution in [2.75, 3.05) is 22.8 Å². The number of rotatable bonds is 6. The van der Waals surface area contributed by atoms with Crippen molar-refractivity contribution >= 4 is 68.1 Å². The summed E-state index contributed by atoms with van der Waals surface area (Å²) >= 11 is 18.0. The Bertz CT molecular complexity index is 1400. The van der Waals surface area contributed by atoms with Crippen molar-refractivity contribution in [1.29, 1.82) is 0 Å². The molecule has 4 rings (SSSR count). The van der Waals surface area contributed by atoms with Crippen LogP contribution in [0, 0.1) is 0 Å². The van der Waals surface area contributed by atoms with E-state index in [-0.39, 0.29) is 37.1 Å². The van der Waals surface area contributed by atoms with E-state index in [0.717, 1.165) is 23.7 Å². The second kappa shape index (κ2) is 9.84. The van der Waals surface area contributed by atoms with E-state index in [0.29, 0.717) is 6.54 Å². The first-order valence-electron chi connectivity index (χ1n) is 9.98. The van der Waals surface area contributed by atoms with Crippen LogP contribution in [0.4, 0.5) is 11.4 Å². The van der Waals surface area contributed by atoms with E-state index in [4.69, 9.17) is 39.5 Å². The lowest BCUT2D eigenvalue weighted by Crippen LogP contribution is -2.33. The maximum atomic E-state index is 12.9. The number of hydrogen-bond donors (Lipinski definition) is 1. The molecule has 1 amide bonds. The lowest BCUT2D eigenvalue weighted by Gasteiger charge is -2.17. The molecule has 0 saturated heterocycles. The second-order valence-electron chi connectivity index (χ2n) is 7.38. The van der Waals surface area contributed by atoms with Gasteiger partial charge in [-0.25, -0.2) is 13.2 Å². The fourth-order valence-corrected chi connectivity index (χ4v) is 5.49. The highest BCUT2D eigenvalue weighted by atomic mass is 35.5. The van der Waals surface area contributed by atoms with E-state index >= 15 is 0 Å². The van der Waals surface area contributed by atoms with Gasteiger partial charge in [0.15, 0.2) is 6.61 Å². The predicted octanol–water partition coefficient (Wildman–Crippen LogP) is 5.19. The third-order valence-corrected chi connectivity index (χ3v) is 7.56. The molecular formula is C23H17Cl3N2O5S. The first-order chi connectivity index (χ1) is 16.2. The minimum Gasteiger partial charge on any atom is -0.452 e. The molecule has 176 valence electrons. The molecule has 0 fully saturated rings. The van der Waals surface area contributed by atoms with Crippen LogP contribution in [0.3, 0.4) is 0 Å². The van der Waals surface area contributed by atoms with Gasteiger partial charge in [-0.3, -0.25) is 9.52 Å². The number of para-hydroxylation sites is 1. The number of anilines is 2. The summed E-state index contributed by atoms with van der Waals surface area (Å²) in [5.74, 6) is -1.24. The number of ether oxygens (including phenoxy) is 1. The van der Waals surface area contributed by atoms with Crippen LogP contribution in [0.5, 0.6) is 0 Å². The van der Waals surface area contributed by atoms with Gasteiger partial charge in [-0.15, -0.1) is 0 Å². The Morgan fingerprint density at radius 2 is 1.71 bits per heavy atom. The standard InChI is InChI=1S/C23H17Cl3N2O5S/c24-16-6-8-17(25)19(12-16)27-34(31,32)21-11-15(5-7-18(21)26)23(30)33-13-22(29)28-10-9-14-3-1-2-4-20(14)28/h1-8,11-12,27H,9-10,13H2. The Balaban J connectivity index is 1.48. The zero-order valence-electron chi connectivity index (χ0n) is 17.4. The van der Waals surface area contributed by atoms with Gasteiger partial charge in [0.05, 0.1) is 21.3 Å². The molecule has 0 saturated carbocycles. The molecule has 3 aromatic rings. The zero-order chi connectivity index (χ0) is 24.5. The maximum Gasteiger partial charge on any atom is 0.338 e. The predicted molar refractivity (Wildman–Crippen MR) is 132 cm³/mol. The molecule has 7 nitrogen and oxygen atoms in total. The number of fused-ring (bicyclic) bond motifs is 1. The summed E-state index contributed by atoms with van der Waals surface area (Å²) < 4.78 is 33.3. The SMILES string of the molecule is O=C(OCC(=O)N1CCc2ccccc21)c1ccc(Cl)c(S(=O)(=O)Nc2cc(Cl)ccc2Cl)c1. The minimum atomic E-state index is -4.23. The van der Waals surface area contributed by atoms with Crippen molar-refractivity contribution in [3.63, 3.8) is 0 Å². The summed E-state index contributed by atoms with van der Waals surface area (Å²) in [6, 6.07) is 15.4. The van der Waals surface area contributed by atoms with E-state index in [1.165, 1.54) is 30.3 Å².